The lowest BCUT2D eigenvalue weighted by Gasteiger charge is -2.07. The molecule has 3 N–H and O–H groups in total. The van der Waals surface area contributed by atoms with Crippen LogP contribution in [0.3, 0.4) is 0 Å². The van der Waals surface area contributed by atoms with Crippen molar-refractivity contribution in [3.8, 4) is 0 Å². The molecule has 0 aliphatic heterocycles. The average molecular weight is 279 g/mol. The number of hydrogen-bond acceptors (Lipinski definition) is 6. The Morgan fingerprint density at radius 3 is 2.95 bits per heavy atom. The summed E-state index contributed by atoms with van der Waals surface area (Å²) in [6.07, 6.45) is 0. The molecular formula is C12H13N3O3S. The molecule has 0 fully saturated rings. The number of carboxylic acid groups (broad SMARTS) is 1. The summed E-state index contributed by atoms with van der Waals surface area (Å²) in [5.74, 6) is -0.436. The Labute approximate surface area is 114 Å². The Kier molecular flexibility index (Phi) is 4.18. The molecule has 0 amide bonds. The third-order valence-corrected chi connectivity index (χ3v) is 3.31. The number of nitrogen functional groups attached to an aromatic ring is 1. The number of nitrogens with two attached hydrogens (primary N) is 1. The predicted octanol–water partition coefficient (Wildman–Crippen LogP) is 1.54. The maximum atomic E-state index is 10.7. The minimum absolute atomic E-state index is 0.0622. The Bertz CT molecular complexity index is 618. The van der Waals surface area contributed by atoms with Crippen molar-refractivity contribution in [1.29, 1.82) is 0 Å². The first-order valence-electron chi connectivity index (χ1n) is 5.50. The molecule has 0 saturated carbocycles. The van der Waals surface area contributed by atoms with Gasteiger partial charge in [0.25, 0.3) is 0 Å². The third-order valence-electron chi connectivity index (χ3n) is 2.34. The predicted molar refractivity (Wildman–Crippen MR) is 73.0 cm³/mol. The van der Waals surface area contributed by atoms with Crippen LogP contribution in [0.1, 0.15) is 5.82 Å². The van der Waals surface area contributed by atoms with Gasteiger partial charge in [-0.1, -0.05) is 11.8 Å². The Morgan fingerprint density at radius 1 is 1.47 bits per heavy atom. The number of carboxylic acids is 1. The van der Waals surface area contributed by atoms with Gasteiger partial charge in [-0.25, -0.2) is 9.97 Å². The molecule has 1 aromatic carbocycles. The van der Waals surface area contributed by atoms with Crippen LogP contribution in [0.5, 0.6) is 0 Å². The maximum Gasteiger partial charge on any atom is 0.313 e. The Morgan fingerprint density at radius 2 is 2.26 bits per heavy atom. The summed E-state index contributed by atoms with van der Waals surface area (Å²) in [5.41, 5.74) is 7.06. The highest BCUT2D eigenvalue weighted by atomic mass is 32.2. The van der Waals surface area contributed by atoms with E-state index >= 15 is 0 Å². The third kappa shape index (κ3) is 3.33. The molecule has 1 aromatic heterocycles. The summed E-state index contributed by atoms with van der Waals surface area (Å²) < 4.78 is 5.01. The van der Waals surface area contributed by atoms with Crippen LogP contribution in [0.15, 0.2) is 23.2 Å². The molecule has 0 spiro atoms. The van der Waals surface area contributed by atoms with E-state index in [1.165, 1.54) is 0 Å². The van der Waals surface area contributed by atoms with E-state index in [1.807, 2.05) is 0 Å². The topological polar surface area (TPSA) is 98.3 Å². The van der Waals surface area contributed by atoms with Crippen molar-refractivity contribution in [3.05, 3.63) is 24.0 Å². The number of methoxy groups -OCH3 is 1. The van der Waals surface area contributed by atoms with E-state index in [-0.39, 0.29) is 12.4 Å². The van der Waals surface area contributed by atoms with Crippen molar-refractivity contribution < 1.29 is 14.6 Å². The number of carbonyl (C=O) groups is 1. The van der Waals surface area contributed by atoms with Crippen LogP contribution in [0.25, 0.3) is 10.9 Å². The molecule has 19 heavy (non-hydrogen) atoms. The first kappa shape index (κ1) is 13.6. The van der Waals surface area contributed by atoms with Crippen LogP contribution >= 0.6 is 11.8 Å². The summed E-state index contributed by atoms with van der Waals surface area (Å²) in [7, 11) is 1.56. The monoisotopic (exact) mass is 279 g/mol. The van der Waals surface area contributed by atoms with Gasteiger partial charge in [-0.15, -0.1) is 0 Å². The van der Waals surface area contributed by atoms with Crippen LogP contribution in [0, 0.1) is 0 Å². The molecule has 1 heterocycles. The number of fused-ring (bicyclic) bond motifs is 1. The number of hydrogen-bond donors (Lipinski definition) is 2. The van der Waals surface area contributed by atoms with Crippen LogP contribution in [-0.2, 0) is 16.1 Å². The van der Waals surface area contributed by atoms with Crippen molar-refractivity contribution >= 4 is 34.3 Å². The quantitative estimate of drug-likeness (QED) is 0.486. The van der Waals surface area contributed by atoms with Crippen LogP contribution in [0.4, 0.5) is 5.69 Å². The lowest BCUT2D eigenvalue weighted by atomic mass is 10.2. The Hall–Kier alpha value is -1.86. The minimum Gasteiger partial charge on any atom is -0.481 e. The molecule has 7 heteroatoms. The fraction of sp³-hybridized carbons (Fsp3) is 0.250. The first-order valence-corrected chi connectivity index (χ1v) is 6.48. The number of aliphatic carboxylic acids is 1. The van der Waals surface area contributed by atoms with Gasteiger partial charge >= 0.3 is 5.97 Å². The highest BCUT2D eigenvalue weighted by Crippen LogP contribution is 2.27. The fourth-order valence-electron chi connectivity index (χ4n) is 1.60. The summed E-state index contributed by atoms with van der Waals surface area (Å²) >= 11 is 1.14. The van der Waals surface area contributed by atoms with Crippen molar-refractivity contribution in [2.24, 2.45) is 0 Å². The number of rotatable bonds is 5. The Balaban J connectivity index is 2.48. The van der Waals surface area contributed by atoms with Gasteiger partial charge < -0.3 is 15.6 Å². The van der Waals surface area contributed by atoms with Gasteiger partial charge in [-0.05, 0) is 18.2 Å². The van der Waals surface area contributed by atoms with Crippen molar-refractivity contribution in [1.82, 2.24) is 9.97 Å². The zero-order chi connectivity index (χ0) is 13.8. The normalized spacial score (nSPS) is 10.8. The van der Waals surface area contributed by atoms with Crippen molar-refractivity contribution in [2.45, 2.75) is 11.6 Å². The van der Waals surface area contributed by atoms with Crippen molar-refractivity contribution in [3.63, 3.8) is 0 Å². The van der Waals surface area contributed by atoms with Crippen LogP contribution in [-0.4, -0.2) is 33.9 Å². The second-order valence-electron chi connectivity index (χ2n) is 3.84. The molecule has 0 aliphatic carbocycles. The van der Waals surface area contributed by atoms with Gasteiger partial charge in [0.15, 0.2) is 5.82 Å². The molecule has 2 rings (SSSR count). The number of anilines is 1. The largest absolute Gasteiger partial charge is 0.481 e. The summed E-state index contributed by atoms with van der Waals surface area (Å²) in [4.78, 5) is 19.3. The molecule has 2 aromatic rings. The molecule has 100 valence electrons. The molecule has 0 saturated heterocycles. The van der Waals surface area contributed by atoms with E-state index in [2.05, 4.69) is 9.97 Å². The first-order chi connectivity index (χ1) is 9.10. The average Bonchev–Trinajstić information content (AvgIpc) is 2.37. The van der Waals surface area contributed by atoms with Gasteiger partial charge in [0.2, 0.25) is 0 Å². The van der Waals surface area contributed by atoms with Crippen LogP contribution < -0.4 is 5.73 Å². The lowest BCUT2D eigenvalue weighted by molar-refractivity contribution is -0.133. The molecule has 0 aliphatic rings. The second kappa shape index (κ2) is 5.85. The van der Waals surface area contributed by atoms with Gasteiger partial charge in [-0.3, -0.25) is 4.79 Å². The van der Waals surface area contributed by atoms with E-state index < -0.39 is 5.97 Å². The number of benzene rings is 1. The highest BCUT2D eigenvalue weighted by molar-refractivity contribution is 8.00. The lowest BCUT2D eigenvalue weighted by Crippen LogP contribution is -2.03. The molecule has 0 atom stereocenters. The van der Waals surface area contributed by atoms with E-state index in [1.54, 1.807) is 25.3 Å². The smallest absolute Gasteiger partial charge is 0.313 e. The molecular weight excluding hydrogens is 266 g/mol. The van der Waals surface area contributed by atoms with E-state index in [4.69, 9.17) is 15.6 Å². The van der Waals surface area contributed by atoms with E-state index in [9.17, 15) is 4.79 Å². The zero-order valence-corrected chi connectivity index (χ0v) is 11.1. The van der Waals surface area contributed by atoms with Gasteiger partial charge in [0, 0.05) is 18.2 Å². The maximum absolute atomic E-state index is 10.7. The van der Waals surface area contributed by atoms with E-state index in [0.29, 0.717) is 16.5 Å². The number of thioether (sulfide) groups is 1. The number of aromatic nitrogens is 2. The highest BCUT2D eigenvalue weighted by Gasteiger charge is 2.10. The van der Waals surface area contributed by atoms with Crippen molar-refractivity contribution in [2.75, 3.05) is 18.6 Å². The SMILES string of the molecule is COCc1nc(SCC(=O)O)c2cc(N)ccc2n1. The van der Waals surface area contributed by atoms with Gasteiger partial charge in [-0.2, -0.15) is 0 Å². The molecule has 6 nitrogen and oxygen atoms in total. The second-order valence-corrected chi connectivity index (χ2v) is 4.80. The fourth-order valence-corrected chi connectivity index (χ4v) is 2.35. The zero-order valence-electron chi connectivity index (χ0n) is 10.3. The summed E-state index contributed by atoms with van der Waals surface area (Å²) in [6.45, 7) is 0.279. The molecule has 0 unspecified atom stereocenters. The van der Waals surface area contributed by atoms with Gasteiger partial charge in [0.1, 0.15) is 11.6 Å². The van der Waals surface area contributed by atoms with Gasteiger partial charge in [0.05, 0.1) is 11.3 Å². The number of ether oxygens (including phenoxy) is 1. The van der Waals surface area contributed by atoms with E-state index in [0.717, 1.165) is 22.7 Å². The number of nitrogens with zero attached hydrogens (tertiary/aromatic N) is 2. The van der Waals surface area contributed by atoms with Crippen LogP contribution in [0.2, 0.25) is 0 Å². The molecule has 0 bridgehead atoms. The standard InChI is InChI=1S/C12H13N3O3S/c1-18-5-10-14-9-3-2-7(13)4-8(9)12(15-10)19-6-11(16)17/h2-4H,5-6,13H2,1H3,(H,16,17). The summed E-state index contributed by atoms with van der Waals surface area (Å²) in [5, 5.41) is 10.1. The molecule has 0 radical (unpaired) electrons. The summed E-state index contributed by atoms with van der Waals surface area (Å²) in [6, 6.07) is 5.28. The minimum atomic E-state index is -0.894.